The first kappa shape index (κ1) is 28.0. The van der Waals surface area contributed by atoms with E-state index in [0.29, 0.717) is 17.2 Å². The number of methoxy groups -OCH3 is 2. The van der Waals surface area contributed by atoms with Crippen molar-refractivity contribution in [3.05, 3.63) is 54.1 Å². The minimum atomic E-state index is -3.81. The monoisotopic (exact) mass is 505 g/mol. The molecule has 35 heavy (non-hydrogen) atoms. The van der Waals surface area contributed by atoms with Crippen LogP contribution < -0.4 is 19.1 Å². The van der Waals surface area contributed by atoms with Crippen molar-refractivity contribution in [2.45, 2.75) is 45.8 Å². The summed E-state index contributed by atoms with van der Waals surface area (Å²) >= 11 is 0. The highest BCUT2D eigenvalue weighted by Crippen LogP contribution is 2.24. The van der Waals surface area contributed by atoms with Crippen molar-refractivity contribution in [2.75, 3.05) is 31.3 Å². The lowest BCUT2D eigenvalue weighted by molar-refractivity contribution is -0.139. The van der Waals surface area contributed by atoms with Crippen LogP contribution in [-0.2, 0) is 26.2 Å². The summed E-state index contributed by atoms with van der Waals surface area (Å²) in [5, 5.41) is 2.90. The van der Waals surface area contributed by atoms with E-state index >= 15 is 0 Å². The molecular weight excluding hydrogens is 470 g/mol. The van der Waals surface area contributed by atoms with Crippen molar-refractivity contribution in [3.63, 3.8) is 0 Å². The van der Waals surface area contributed by atoms with Gasteiger partial charge in [-0.15, -0.1) is 0 Å². The first-order valence-electron chi connectivity index (χ1n) is 11.3. The molecule has 0 saturated carbocycles. The smallest absolute Gasteiger partial charge is 0.244 e. The number of amides is 2. The minimum absolute atomic E-state index is 0.0628. The molecule has 0 saturated heterocycles. The summed E-state index contributed by atoms with van der Waals surface area (Å²) < 4.78 is 36.7. The summed E-state index contributed by atoms with van der Waals surface area (Å²) in [5.74, 6) is 0.296. The van der Waals surface area contributed by atoms with Gasteiger partial charge in [0.2, 0.25) is 21.8 Å². The van der Waals surface area contributed by atoms with Crippen LogP contribution in [-0.4, -0.2) is 64.2 Å². The summed E-state index contributed by atoms with van der Waals surface area (Å²) in [6.45, 7) is 5.12. The third-order valence-corrected chi connectivity index (χ3v) is 6.84. The third-order valence-electron chi connectivity index (χ3n) is 5.70. The summed E-state index contributed by atoms with van der Waals surface area (Å²) in [6.07, 6.45) is 1.77. The van der Waals surface area contributed by atoms with Crippen LogP contribution in [0, 0.1) is 0 Å². The van der Waals surface area contributed by atoms with E-state index in [0.717, 1.165) is 22.5 Å². The van der Waals surface area contributed by atoms with Crippen LogP contribution in [0.4, 0.5) is 5.69 Å². The minimum Gasteiger partial charge on any atom is -0.497 e. The fraction of sp³-hybridized carbons (Fsp3) is 0.440. The Bertz CT molecular complexity index is 1100. The zero-order chi connectivity index (χ0) is 26.2. The van der Waals surface area contributed by atoms with E-state index in [1.54, 1.807) is 62.6 Å². The maximum Gasteiger partial charge on any atom is 0.244 e. The predicted molar refractivity (Wildman–Crippen MR) is 136 cm³/mol. The van der Waals surface area contributed by atoms with Gasteiger partial charge in [0.1, 0.15) is 24.1 Å². The molecule has 2 aromatic rings. The normalized spacial score (nSPS) is 12.9. The molecule has 0 radical (unpaired) electrons. The van der Waals surface area contributed by atoms with Crippen LogP contribution >= 0.6 is 0 Å². The van der Waals surface area contributed by atoms with Gasteiger partial charge in [-0.2, -0.15) is 0 Å². The fourth-order valence-corrected chi connectivity index (χ4v) is 4.20. The highest BCUT2D eigenvalue weighted by molar-refractivity contribution is 7.92. The fourth-order valence-electron chi connectivity index (χ4n) is 3.36. The van der Waals surface area contributed by atoms with E-state index in [1.807, 2.05) is 13.8 Å². The topological polar surface area (TPSA) is 105 Å². The number of hydrogen-bond donors (Lipinski definition) is 1. The van der Waals surface area contributed by atoms with Gasteiger partial charge in [0.25, 0.3) is 0 Å². The Labute approximate surface area is 208 Å². The van der Waals surface area contributed by atoms with Gasteiger partial charge in [-0.05, 0) is 50.1 Å². The number of rotatable bonds is 12. The van der Waals surface area contributed by atoms with Crippen molar-refractivity contribution in [2.24, 2.45) is 0 Å². The van der Waals surface area contributed by atoms with Crippen molar-refractivity contribution in [1.29, 1.82) is 0 Å². The molecule has 0 aromatic heterocycles. The number of anilines is 1. The average molecular weight is 506 g/mol. The van der Waals surface area contributed by atoms with E-state index < -0.39 is 28.5 Å². The van der Waals surface area contributed by atoms with Crippen molar-refractivity contribution < 1.29 is 27.5 Å². The molecule has 0 aliphatic heterocycles. The van der Waals surface area contributed by atoms with Gasteiger partial charge in [0.05, 0.1) is 26.2 Å². The summed E-state index contributed by atoms with van der Waals surface area (Å²) in [5.41, 5.74) is 1.07. The zero-order valence-electron chi connectivity index (χ0n) is 21.1. The van der Waals surface area contributed by atoms with Crippen LogP contribution in [0.3, 0.4) is 0 Å². The Morgan fingerprint density at radius 2 is 1.63 bits per heavy atom. The Kier molecular flexibility index (Phi) is 9.94. The van der Waals surface area contributed by atoms with Gasteiger partial charge >= 0.3 is 0 Å². The van der Waals surface area contributed by atoms with E-state index in [9.17, 15) is 18.0 Å². The molecule has 2 unspecified atom stereocenters. The molecule has 0 spiro atoms. The summed E-state index contributed by atoms with van der Waals surface area (Å²) in [7, 11) is -0.774. The highest BCUT2D eigenvalue weighted by atomic mass is 32.2. The number of benzene rings is 2. The molecule has 1 N–H and O–H groups in total. The van der Waals surface area contributed by atoms with Gasteiger partial charge in [-0.3, -0.25) is 13.9 Å². The lowest BCUT2D eigenvalue weighted by Gasteiger charge is -2.32. The van der Waals surface area contributed by atoms with Gasteiger partial charge < -0.3 is 19.7 Å². The van der Waals surface area contributed by atoms with Crippen LogP contribution in [0.5, 0.6) is 11.5 Å². The second kappa shape index (κ2) is 12.4. The largest absolute Gasteiger partial charge is 0.497 e. The standard InChI is InChI=1S/C25H35N3O6S/c1-7-18(2)26-25(30)19(3)27(16-20-11-13-22(33-4)14-12-20)24(29)17-28(35(6,31)32)21-9-8-10-23(15-21)34-5/h8-15,18-19H,7,16-17H2,1-6H3,(H,26,30). The number of carbonyl (C=O) groups excluding carboxylic acids is 2. The molecule has 0 heterocycles. The first-order chi connectivity index (χ1) is 16.5. The van der Waals surface area contributed by atoms with Crippen LogP contribution in [0.1, 0.15) is 32.8 Å². The Morgan fingerprint density at radius 1 is 1.00 bits per heavy atom. The molecule has 10 heteroatoms. The maximum atomic E-state index is 13.5. The lowest BCUT2D eigenvalue weighted by atomic mass is 10.1. The number of ether oxygens (including phenoxy) is 2. The lowest BCUT2D eigenvalue weighted by Crippen LogP contribution is -2.52. The molecule has 0 aliphatic carbocycles. The number of hydrogen-bond acceptors (Lipinski definition) is 6. The summed E-state index contributed by atoms with van der Waals surface area (Å²) in [6, 6.07) is 12.7. The predicted octanol–water partition coefficient (Wildman–Crippen LogP) is 2.80. The Balaban J connectivity index is 2.39. The number of sulfonamides is 1. The van der Waals surface area contributed by atoms with Gasteiger partial charge in [-0.25, -0.2) is 8.42 Å². The van der Waals surface area contributed by atoms with E-state index in [2.05, 4.69) is 5.32 Å². The molecular formula is C25H35N3O6S. The molecule has 2 aromatic carbocycles. The average Bonchev–Trinajstić information content (AvgIpc) is 2.84. The summed E-state index contributed by atoms with van der Waals surface area (Å²) in [4.78, 5) is 27.8. The highest BCUT2D eigenvalue weighted by Gasteiger charge is 2.30. The SMILES string of the molecule is CCC(C)NC(=O)C(C)N(Cc1ccc(OC)cc1)C(=O)CN(c1cccc(OC)c1)S(C)(=O)=O. The Morgan fingerprint density at radius 3 is 2.17 bits per heavy atom. The van der Waals surface area contributed by atoms with Gasteiger partial charge in [0.15, 0.2) is 0 Å². The van der Waals surface area contributed by atoms with E-state index in [1.165, 1.54) is 12.0 Å². The van der Waals surface area contributed by atoms with Gasteiger partial charge in [-0.1, -0.05) is 25.1 Å². The molecule has 0 aliphatic rings. The number of carbonyl (C=O) groups is 2. The van der Waals surface area contributed by atoms with Crippen molar-refractivity contribution in [3.8, 4) is 11.5 Å². The second-order valence-electron chi connectivity index (χ2n) is 8.33. The molecule has 192 valence electrons. The zero-order valence-corrected chi connectivity index (χ0v) is 22.0. The maximum absolute atomic E-state index is 13.5. The number of nitrogens with one attached hydrogen (secondary N) is 1. The molecule has 9 nitrogen and oxygen atoms in total. The molecule has 2 amide bonds. The molecule has 2 rings (SSSR count). The van der Waals surface area contributed by atoms with Crippen LogP contribution in [0.25, 0.3) is 0 Å². The Hall–Kier alpha value is -3.27. The van der Waals surface area contributed by atoms with Crippen LogP contribution in [0.15, 0.2) is 48.5 Å². The molecule has 0 fully saturated rings. The number of nitrogens with zero attached hydrogens (tertiary/aromatic N) is 2. The third kappa shape index (κ3) is 7.88. The molecule has 0 bridgehead atoms. The second-order valence-corrected chi connectivity index (χ2v) is 10.2. The van der Waals surface area contributed by atoms with Gasteiger partial charge in [0, 0.05) is 18.7 Å². The van der Waals surface area contributed by atoms with Crippen molar-refractivity contribution >= 4 is 27.5 Å². The molecule has 2 atom stereocenters. The van der Waals surface area contributed by atoms with E-state index in [-0.39, 0.29) is 18.5 Å². The van der Waals surface area contributed by atoms with E-state index in [4.69, 9.17) is 9.47 Å². The van der Waals surface area contributed by atoms with Crippen molar-refractivity contribution in [1.82, 2.24) is 10.2 Å². The van der Waals surface area contributed by atoms with Crippen LogP contribution in [0.2, 0.25) is 0 Å². The first-order valence-corrected chi connectivity index (χ1v) is 13.2. The quantitative estimate of drug-likeness (QED) is 0.476.